The SMILES string of the molecule is CC1(C)c2cccc3c2-c2c1cc(-c1cccc4ccccc14)c[n+]2CO3. The number of pyridine rings is 1. The molecule has 2 heteroatoms. The minimum Gasteiger partial charge on any atom is -0.435 e. The molecule has 0 saturated heterocycles. The van der Waals surface area contributed by atoms with Crippen LogP contribution in [0.2, 0.25) is 0 Å². The van der Waals surface area contributed by atoms with Gasteiger partial charge in [0.25, 0.3) is 6.73 Å². The third kappa shape index (κ3) is 1.88. The van der Waals surface area contributed by atoms with Crippen LogP contribution in [0.25, 0.3) is 33.2 Å². The third-order valence-corrected chi connectivity index (χ3v) is 6.21. The lowest BCUT2D eigenvalue weighted by atomic mass is 9.82. The summed E-state index contributed by atoms with van der Waals surface area (Å²) in [5.74, 6) is 1.01. The van der Waals surface area contributed by atoms with Crippen molar-refractivity contribution in [2.24, 2.45) is 0 Å². The van der Waals surface area contributed by atoms with Crippen molar-refractivity contribution >= 4 is 10.8 Å². The topological polar surface area (TPSA) is 13.1 Å². The molecular formula is C25H20NO+. The molecule has 0 bridgehead atoms. The Hall–Kier alpha value is -3.13. The number of rotatable bonds is 1. The molecule has 6 rings (SSSR count). The number of fused-ring (bicyclic) bond motifs is 1. The molecule has 0 unspecified atom stereocenters. The molecule has 0 amide bonds. The van der Waals surface area contributed by atoms with Gasteiger partial charge >= 0.3 is 0 Å². The van der Waals surface area contributed by atoms with Crippen molar-refractivity contribution in [2.45, 2.75) is 26.0 Å². The summed E-state index contributed by atoms with van der Waals surface area (Å²) >= 11 is 0. The van der Waals surface area contributed by atoms with Gasteiger partial charge in [-0.1, -0.05) is 68.4 Å². The first-order chi connectivity index (χ1) is 13.1. The quantitative estimate of drug-likeness (QED) is 0.416. The standard InChI is InChI=1S/C25H20NO/c1-25(2)20-11-6-12-22-23(20)24-21(25)13-17(14-26(24)15-27-22)19-10-5-8-16-7-3-4-9-18(16)19/h3-14H,15H2,1-2H3/q+1. The maximum atomic E-state index is 6.10. The molecule has 4 aromatic rings. The Morgan fingerprint density at radius 2 is 1.70 bits per heavy atom. The lowest BCUT2D eigenvalue weighted by Crippen LogP contribution is -2.42. The van der Waals surface area contributed by atoms with E-state index in [1.807, 2.05) is 0 Å². The zero-order valence-electron chi connectivity index (χ0n) is 15.5. The van der Waals surface area contributed by atoms with Gasteiger partial charge in [0.15, 0.2) is 6.20 Å². The summed E-state index contributed by atoms with van der Waals surface area (Å²) in [6.07, 6.45) is 2.25. The van der Waals surface area contributed by atoms with E-state index in [1.165, 1.54) is 44.3 Å². The zero-order valence-corrected chi connectivity index (χ0v) is 15.5. The summed E-state index contributed by atoms with van der Waals surface area (Å²) in [5.41, 5.74) is 7.83. The Morgan fingerprint density at radius 3 is 2.63 bits per heavy atom. The second kappa shape index (κ2) is 4.98. The number of nitrogens with zero attached hydrogens (tertiary/aromatic N) is 1. The summed E-state index contributed by atoms with van der Waals surface area (Å²) in [7, 11) is 0. The molecule has 0 spiro atoms. The molecule has 3 aromatic carbocycles. The summed E-state index contributed by atoms with van der Waals surface area (Å²) in [6.45, 7) is 5.21. The van der Waals surface area contributed by atoms with E-state index in [2.05, 4.69) is 91.3 Å². The number of benzene rings is 3. The van der Waals surface area contributed by atoms with Crippen LogP contribution in [0.15, 0.2) is 72.9 Å². The minimum atomic E-state index is -0.0310. The molecule has 1 aliphatic heterocycles. The van der Waals surface area contributed by atoms with Crippen LogP contribution >= 0.6 is 0 Å². The van der Waals surface area contributed by atoms with Gasteiger partial charge in [-0.05, 0) is 34.0 Å². The molecule has 0 fully saturated rings. The van der Waals surface area contributed by atoms with E-state index in [4.69, 9.17) is 4.74 Å². The van der Waals surface area contributed by atoms with E-state index < -0.39 is 0 Å². The molecule has 2 heterocycles. The number of ether oxygens (including phenoxy) is 1. The van der Waals surface area contributed by atoms with Crippen molar-refractivity contribution < 1.29 is 9.30 Å². The van der Waals surface area contributed by atoms with Gasteiger partial charge in [-0.15, -0.1) is 0 Å². The van der Waals surface area contributed by atoms with Gasteiger partial charge < -0.3 is 4.74 Å². The fraction of sp³-hybridized carbons (Fsp3) is 0.160. The van der Waals surface area contributed by atoms with Crippen LogP contribution in [0.5, 0.6) is 5.75 Å². The van der Waals surface area contributed by atoms with E-state index in [0.717, 1.165) is 5.75 Å². The highest BCUT2D eigenvalue weighted by Crippen LogP contribution is 2.52. The summed E-state index contributed by atoms with van der Waals surface area (Å²) in [4.78, 5) is 0. The molecule has 2 nitrogen and oxygen atoms in total. The molecule has 27 heavy (non-hydrogen) atoms. The lowest BCUT2D eigenvalue weighted by molar-refractivity contribution is -0.717. The largest absolute Gasteiger partial charge is 0.435 e. The molecule has 0 atom stereocenters. The molecule has 130 valence electrons. The average molecular weight is 350 g/mol. The summed E-state index contributed by atoms with van der Waals surface area (Å²) in [5, 5.41) is 2.56. The fourth-order valence-electron chi connectivity index (χ4n) is 4.83. The van der Waals surface area contributed by atoms with Crippen LogP contribution in [0, 0.1) is 0 Å². The Morgan fingerprint density at radius 1 is 0.889 bits per heavy atom. The van der Waals surface area contributed by atoms with Crippen molar-refractivity contribution in [1.82, 2.24) is 0 Å². The van der Waals surface area contributed by atoms with Crippen molar-refractivity contribution in [3.8, 4) is 28.1 Å². The maximum Gasteiger partial charge on any atom is 0.292 e. The highest BCUT2D eigenvalue weighted by Gasteiger charge is 2.45. The zero-order chi connectivity index (χ0) is 18.2. The van der Waals surface area contributed by atoms with Gasteiger partial charge in [-0.2, -0.15) is 4.57 Å². The van der Waals surface area contributed by atoms with Crippen LogP contribution < -0.4 is 9.30 Å². The minimum absolute atomic E-state index is 0.0310. The maximum absolute atomic E-state index is 6.10. The summed E-state index contributed by atoms with van der Waals surface area (Å²) < 4.78 is 8.38. The predicted octanol–water partition coefficient (Wildman–Crippen LogP) is 5.45. The second-order valence-electron chi connectivity index (χ2n) is 8.06. The molecule has 0 saturated carbocycles. The van der Waals surface area contributed by atoms with Crippen molar-refractivity contribution in [2.75, 3.05) is 0 Å². The van der Waals surface area contributed by atoms with Gasteiger partial charge in [-0.25, -0.2) is 0 Å². The Labute approximate surface area is 158 Å². The van der Waals surface area contributed by atoms with Crippen molar-refractivity contribution in [1.29, 1.82) is 0 Å². The van der Waals surface area contributed by atoms with Gasteiger partial charge in [-0.3, -0.25) is 0 Å². The molecule has 0 radical (unpaired) electrons. The van der Waals surface area contributed by atoms with Gasteiger partial charge in [0, 0.05) is 16.5 Å². The molecule has 0 N–H and O–H groups in total. The van der Waals surface area contributed by atoms with Crippen LogP contribution in [0.1, 0.15) is 25.0 Å². The van der Waals surface area contributed by atoms with Gasteiger partial charge in [0.1, 0.15) is 5.75 Å². The van der Waals surface area contributed by atoms with Crippen LogP contribution in [0.3, 0.4) is 0 Å². The highest BCUT2D eigenvalue weighted by atomic mass is 16.5. The molecule has 1 aromatic heterocycles. The van der Waals surface area contributed by atoms with E-state index in [9.17, 15) is 0 Å². The van der Waals surface area contributed by atoms with Crippen LogP contribution in [-0.4, -0.2) is 0 Å². The fourth-order valence-corrected chi connectivity index (χ4v) is 4.83. The van der Waals surface area contributed by atoms with Crippen molar-refractivity contribution in [3.05, 3.63) is 84.1 Å². The smallest absolute Gasteiger partial charge is 0.292 e. The highest BCUT2D eigenvalue weighted by molar-refractivity contribution is 5.97. The number of hydrogen-bond donors (Lipinski definition) is 0. The number of aromatic nitrogens is 1. The number of hydrogen-bond acceptors (Lipinski definition) is 1. The molecular weight excluding hydrogens is 330 g/mol. The van der Waals surface area contributed by atoms with E-state index in [0.29, 0.717) is 6.73 Å². The molecule has 2 aliphatic rings. The first-order valence-electron chi connectivity index (χ1n) is 9.47. The second-order valence-corrected chi connectivity index (χ2v) is 8.06. The Kier molecular flexibility index (Phi) is 2.76. The predicted molar refractivity (Wildman–Crippen MR) is 108 cm³/mol. The monoisotopic (exact) mass is 350 g/mol. The van der Waals surface area contributed by atoms with Crippen molar-refractivity contribution in [3.63, 3.8) is 0 Å². The van der Waals surface area contributed by atoms with E-state index in [1.54, 1.807) is 0 Å². The van der Waals surface area contributed by atoms with E-state index in [-0.39, 0.29) is 5.41 Å². The van der Waals surface area contributed by atoms with Gasteiger partial charge in [0.05, 0.1) is 5.56 Å². The normalized spacial score (nSPS) is 15.5. The molecule has 1 aliphatic carbocycles. The Balaban J connectivity index is 1.68. The lowest BCUT2D eigenvalue weighted by Gasteiger charge is -2.20. The third-order valence-electron chi connectivity index (χ3n) is 6.21. The van der Waals surface area contributed by atoms with Crippen LogP contribution in [-0.2, 0) is 12.1 Å². The van der Waals surface area contributed by atoms with E-state index >= 15 is 0 Å². The average Bonchev–Trinajstić information content (AvgIpc) is 2.94. The first-order valence-corrected chi connectivity index (χ1v) is 9.47. The van der Waals surface area contributed by atoms with Crippen LogP contribution in [0.4, 0.5) is 0 Å². The summed E-state index contributed by atoms with van der Waals surface area (Å²) in [6, 6.07) is 24.0. The first kappa shape index (κ1) is 15.0. The Bertz CT molecular complexity index is 1250. The van der Waals surface area contributed by atoms with Gasteiger partial charge in [0.2, 0.25) is 5.69 Å².